The van der Waals surface area contributed by atoms with Crippen molar-refractivity contribution in [3.63, 3.8) is 0 Å². The van der Waals surface area contributed by atoms with Crippen LogP contribution in [0.25, 0.3) is 10.8 Å². The number of aliphatic carboxylic acids is 1. The zero-order valence-electron chi connectivity index (χ0n) is 24.9. The van der Waals surface area contributed by atoms with E-state index < -0.39 is 58.9 Å². The Morgan fingerprint density at radius 1 is 1.14 bits per heavy atom. The molecule has 1 saturated heterocycles. The van der Waals surface area contributed by atoms with Crippen LogP contribution in [0, 0.1) is 11.3 Å². The molecule has 3 amide bonds. The van der Waals surface area contributed by atoms with Crippen LogP contribution < -0.4 is 15.4 Å². The molecule has 43 heavy (non-hydrogen) atoms. The SMILES string of the molecule is C=CC1CC1(NC(=O)C1CC(Oc2nccc3ccccc23)CN1C(=O)C(NC(=O)OC1CCCC1)C(C)(C)C)C(=O)O. The number of carbonyl (C=O) groups is 4. The zero-order chi connectivity index (χ0) is 30.9. The minimum absolute atomic E-state index is 0.0404. The first-order valence-corrected chi connectivity index (χ1v) is 14.9. The standard InChI is InChI=1S/C32H40N4O7/c1-5-20-17-32(20,29(39)40)35-26(37)24-16-22(42-27-23-13-9-6-10-19(23)14-15-33-27)18-36(24)28(38)25(31(2,3)4)34-30(41)43-21-11-7-8-12-21/h5-6,9-10,13-15,20-22,24-25H,1,7-8,11-12,16-18H2,2-4H3,(H,34,41)(H,35,37)(H,39,40). The number of hydrogen-bond acceptors (Lipinski definition) is 7. The molecule has 0 bridgehead atoms. The summed E-state index contributed by atoms with van der Waals surface area (Å²) >= 11 is 0. The van der Waals surface area contributed by atoms with E-state index in [1.165, 1.54) is 11.0 Å². The number of carbonyl (C=O) groups excluding carboxylic acids is 3. The predicted octanol–water partition coefficient (Wildman–Crippen LogP) is 3.81. The van der Waals surface area contributed by atoms with E-state index in [2.05, 4.69) is 22.2 Å². The van der Waals surface area contributed by atoms with Gasteiger partial charge in [-0.15, -0.1) is 6.58 Å². The fraction of sp³-hybridized carbons (Fsp3) is 0.531. The first kappa shape index (κ1) is 30.3. The van der Waals surface area contributed by atoms with Gasteiger partial charge in [0.25, 0.3) is 0 Å². The smallest absolute Gasteiger partial charge is 0.408 e. The molecule has 5 unspecified atom stereocenters. The highest BCUT2D eigenvalue weighted by atomic mass is 16.6. The summed E-state index contributed by atoms with van der Waals surface area (Å²) in [5.74, 6) is -2.27. The summed E-state index contributed by atoms with van der Waals surface area (Å²) in [6.45, 7) is 9.20. The van der Waals surface area contributed by atoms with Gasteiger partial charge in [0.2, 0.25) is 17.7 Å². The molecule has 11 nitrogen and oxygen atoms in total. The summed E-state index contributed by atoms with van der Waals surface area (Å²) in [6, 6.07) is 7.42. The third-order valence-electron chi connectivity index (χ3n) is 8.74. The van der Waals surface area contributed by atoms with Gasteiger partial charge in [0, 0.05) is 23.9 Å². The third-order valence-corrected chi connectivity index (χ3v) is 8.74. The van der Waals surface area contributed by atoms with Crippen LogP contribution in [0.4, 0.5) is 4.79 Å². The number of nitrogens with zero attached hydrogens (tertiary/aromatic N) is 2. The lowest BCUT2D eigenvalue weighted by atomic mass is 9.85. The molecule has 5 atom stereocenters. The van der Waals surface area contributed by atoms with E-state index in [1.54, 1.807) is 6.20 Å². The quantitative estimate of drug-likeness (QED) is 0.373. The number of fused-ring (bicyclic) bond motifs is 1. The number of amides is 3. The Kier molecular flexibility index (Phi) is 8.36. The van der Waals surface area contributed by atoms with Gasteiger partial charge in [0.1, 0.15) is 29.8 Å². The normalized spacial score (nSPS) is 26.0. The summed E-state index contributed by atoms with van der Waals surface area (Å²) in [4.78, 5) is 58.7. The van der Waals surface area contributed by atoms with Gasteiger partial charge < -0.3 is 30.1 Å². The molecule has 2 saturated carbocycles. The molecule has 2 aliphatic carbocycles. The molecule has 3 fully saturated rings. The van der Waals surface area contributed by atoms with Crippen molar-refractivity contribution in [3.8, 4) is 5.88 Å². The van der Waals surface area contributed by atoms with E-state index in [4.69, 9.17) is 9.47 Å². The second-order valence-electron chi connectivity index (χ2n) is 12.9. The molecule has 0 spiro atoms. The van der Waals surface area contributed by atoms with Crippen LogP contribution in [0.5, 0.6) is 5.88 Å². The lowest BCUT2D eigenvalue weighted by Gasteiger charge is -2.35. The number of ether oxygens (including phenoxy) is 2. The minimum atomic E-state index is -1.46. The molecule has 1 aromatic heterocycles. The van der Waals surface area contributed by atoms with Crippen molar-refractivity contribution >= 4 is 34.6 Å². The van der Waals surface area contributed by atoms with Crippen molar-refractivity contribution in [1.29, 1.82) is 0 Å². The van der Waals surface area contributed by atoms with E-state index in [1.807, 2.05) is 51.1 Å². The van der Waals surface area contributed by atoms with Gasteiger partial charge in [-0.3, -0.25) is 9.59 Å². The lowest BCUT2D eigenvalue weighted by Crippen LogP contribution is -2.59. The minimum Gasteiger partial charge on any atom is -0.479 e. The number of pyridine rings is 1. The van der Waals surface area contributed by atoms with Crippen LogP contribution in [0.3, 0.4) is 0 Å². The molecular weight excluding hydrogens is 552 g/mol. The van der Waals surface area contributed by atoms with Crippen molar-refractivity contribution in [2.24, 2.45) is 11.3 Å². The van der Waals surface area contributed by atoms with Crippen LogP contribution in [-0.2, 0) is 19.1 Å². The van der Waals surface area contributed by atoms with Crippen LogP contribution in [0.15, 0.2) is 49.2 Å². The molecule has 5 rings (SSSR count). The number of hydrogen-bond donors (Lipinski definition) is 3. The highest BCUT2D eigenvalue weighted by Crippen LogP contribution is 2.45. The fourth-order valence-electron chi connectivity index (χ4n) is 6.16. The maximum atomic E-state index is 14.2. The largest absolute Gasteiger partial charge is 0.479 e. The van der Waals surface area contributed by atoms with Crippen molar-refractivity contribution < 1.29 is 33.8 Å². The van der Waals surface area contributed by atoms with Crippen molar-refractivity contribution in [2.75, 3.05) is 6.54 Å². The van der Waals surface area contributed by atoms with Gasteiger partial charge in [-0.25, -0.2) is 14.6 Å². The molecule has 11 heteroatoms. The lowest BCUT2D eigenvalue weighted by molar-refractivity contribution is -0.146. The van der Waals surface area contributed by atoms with Gasteiger partial charge in [-0.05, 0) is 55.0 Å². The Morgan fingerprint density at radius 3 is 2.51 bits per heavy atom. The number of aromatic nitrogens is 1. The van der Waals surface area contributed by atoms with E-state index in [0.29, 0.717) is 5.88 Å². The molecule has 3 aliphatic rings. The molecule has 1 aromatic carbocycles. The fourth-order valence-corrected chi connectivity index (χ4v) is 6.16. The van der Waals surface area contributed by atoms with Gasteiger partial charge in [-0.2, -0.15) is 0 Å². The van der Waals surface area contributed by atoms with Crippen molar-refractivity contribution in [1.82, 2.24) is 20.5 Å². The summed E-state index contributed by atoms with van der Waals surface area (Å²) in [6.07, 6.45) is 5.55. The van der Waals surface area contributed by atoms with Gasteiger partial charge in [0.15, 0.2) is 0 Å². The average molecular weight is 593 g/mol. The highest BCUT2D eigenvalue weighted by Gasteiger charge is 2.61. The third kappa shape index (κ3) is 6.30. The summed E-state index contributed by atoms with van der Waals surface area (Å²) in [7, 11) is 0. The molecule has 2 heterocycles. The van der Waals surface area contributed by atoms with Gasteiger partial charge >= 0.3 is 12.1 Å². The first-order valence-electron chi connectivity index (χ1n) is 14.9. The average Bonchev–Trinajstić information content (AvgIpc) is 3.24. The van der Waals surface area contributed by atoms with Crippen LogP contribution in [0.1, 0.15) is 59.3 Å². The highest BCUT2D eigenvalue weighted by molar-refractivity contribution is 5.96. The molecule has 0 radical (unpaired) electrons. The Labute approximate surface area is 251 Å². The van der Waals surface area contributed by atoms with Crippen molar-refractivity contribution in [2.45, 2.75) is 89.1 Å². The molecule has 2 aromatic rings. The maximum Gasteiger partial charge on any atom is 0.408 e. The number of rotatable bonds is 9. The van der Waals surface area contributed by atoms with Crippen LogP contribution in [-0.4, -0.2) is 75.2 Å². The van der Waals surface area contributed by atoms with Crippen LogP contribution >= 0.6 is 0 Å². The van der Waals surface area contributed by atoms with E-state index in [9.17, 15) is 24.3 Å². The second kappa shape index (κ2) is 11.9. The number of benzene rings is 1. The number of carboxylic acids is 1. The van der Waals surface area contributed by atoms with Gasteiger partial charge in [-0.1, -0.05) is 45.0 Å². The van der Waals surface area contributed by atoms with E-state index >= 15 is 0 Å². The van der Waals surface area contributed by atoms with Crippen molar-refractivity contribution in [3.05, 3.63) is 49.2 Å². The topological polar surface area (TPSA) is 147 Å². The van der Waals surface area contributed by atoms with E-state index in [0.717, 1.165) is 36.5 Å². The number of likely N-dealkylation sites (tertiary alicyclic amines) is 1. The number of alkyl carbamates (subject to hydrolysis) is 1. The predicted molar refractivity (Wildman–Crippen MR) is 158 cm³/mol. The monoisotopic (exact) mass is 592 g/mol. The second-order valence-corrected chi connectivity index (χ2v) is 12.9. The summed E-state index contributed by atoms with van der Waals surface area (Å²) in [5, 5.41) is 17.1. The maximum absolute atomic E-state index is 14.2. The molecule has 230 valence electrons. The zero-order valence-corrected chi connectivity index (χ0v) is 24.9. The Balaban J connectivity index is 1.40. The van der Waals surface area contributed by atoms with E-state index in [-0.39, 0.29) is 25.5 Å². The summed E-state index contributed by atoms with van der Waals surface area (Å²) < 4.78 is 11.9. The van der Waals surface area contributed by atoms with Crippen LogP contribution in [0.2, 0.25) is 0 Å². The Bertz CT molecular complexity index is 1410. The molecule has 3 N–H and O–H groups in total. The number of carboxylic acid groups (broad SMARTS) is 1. The first-order chi connectivity index (χ1) is 20.4. The number of nitrogens with one attached hydrogen (secondary N) is 2. The summed E-state index contributed by atoms with van der Waals surface area (Å²) in [5.41, 5.74) is -2.19. The Morgan fingerprint density at radius 2 is 1.86 bits per heavy atom. The molecule has 1 aliphatic heterocycles. The van der Waals surface area contributed by atoms with Gasteiger partial charge in [0.05, 0.1) is 6.54 Å². The Hall–Kier alpha value is -4.15. The molecular formula is C32H40N4O7.